The third kappa shape index (κ3) is 1.57. The summed E-state index contributed by atoms with van der Waals surface area (Å²) in [6, 6.07) is 3.37. The second-order valence-electron chi connectivity index (χ2n) is 3.35. The summed E-state index contributed by atoms with van der Waals surface area (Å²) in [7, 11) is 0. The smallest absolute Gasteiger partial charge is 0.176 e. The van der Waals surface area contributed by atoms with E-state index in [1.165, 1.54) is 17.4 Å². The van der Waals surface area contributed by atoms with E-state index in [9.17, 15) is 4.39 Å². The summed E-state index contributed by atoms with van der Waals surface area (Å²) in [5.74, 6) is 0. The summed E-state index contributed by atoms with van der Waals surface area (Å²) in [6.45, 7) is 6.24. The Bertz CT molecular complexity index is 219. The first-order valence-electron chi connectivity index (χ1n) is 3.26. The van der Waals surface area contributed by atoms with E-state index in [2.05, 4.69) is 20.8 Å². The monoisotopic (exact) mass is 158 g/mol. The van der Waals surface area contributed by atoms with Crippen molar-refractivity contribution in [2.75, 3.05) is 0 Å². The van der Waals surface area contributed by atoms with Gasteiger partial charge in [-0.3, -0.25) is 0 Å². The van der Waals surface area contributed by atoms with Gasteiger partial charge >= 0.3 is 0 Å². The third-order valence-corrected chi connectivity index (χ3v) is 2.61. The number of thiophene rings is 1. The van der Waals surface area contributed by atoms with Gasteiger partial charge in [0.1, 0.15) is 0 Å². The Morgan fingerprint density at radius 1 is 1.30 bits per heavy atom. The van der Waals surface area contributed by atoms with Gasteiger partial charge in [-0.05, 0) is 17.5 Å². The van der Waals surface area contributed by atoms with Gasteiger partial charge in [-0.2, -0.15) is 4.39 Å². The SMILES string of the molecule is CC(C)(C)c1ccc(F)s1. The molecule has 1 aromatic rings. The van der Waals surface area contributed by atoms with Gasteiger partial charge < -0.3 is 0 Å². The quantitative estimate of drug-likeness (QED) is 0.544. The molecule has 0 aliphatic rings. The molecular formula is C8H11FS. The predicted molar refractivity (Wildman–Crippen MR) is 43.0 cm³/mol. The fraction of sp³-hybridized carbons (Fsp3) is 0.500. The first-order chi connectivity index (χ1) is 4.50. The molecule has 0 atom stereocenters. The Hall–Kier alpha value is -0.370. The lowest BCUT2D eigenvalue weighted by Gasteiger charge is -2.14. The maximum atomic E-state index is 12.5. The van der Waals surface area contributed by atoms with Gasteiger partial charge in [0.15, 0.2) is 5.13 Å². The second kappa shape index (κ2) is 2.35. The van der Waals surface area contributed by atoms with E-state index in [0.717, 1.165) is 4.88 Å². The maximum absolute atomic E-state index is 12.5. The van der Waals surface area contributed by atoms with Crippen LogP contribution in [0.5, 0.6) is 0 Å². The number of rotatable bonds is 0. The molecule has 0 aliphatic carbocycles. The summed E-state index contributed by atoms with van der Waals surface area (Å²) in [6.07, 6.45) is 0. The van der Waals surface area contributed by atoms with Crippen LogP contribution in [0, 0.1) is 5.13 Å². The van der Waals surface area contributed by atoms with E-state index in [1.54, 1.807) is 0 Å². The van der Waals surface area contributed by atoms with Crippen LogP contribution in [0.15, 0.2) is 12.1 Å². The van der Waals surface area contributed by atoms with E-state index in [0.29, 0.717) is 0 Å². The molecule has 0 unspecified atom stereocenters. The number of hydrogen-bond acceptors (Lipinski definition) is 1. The van der Waals surface area contributed by atoms with Gasteiger partial charge in [-0.1, -0.05) is 20.8 Å². The van der Waals surface area contributed by atoms with Crippen molar-refractivity contribution in [3.05, 3.63) is 22.1 Å². The van der Waals surface area contributed by atoms with Crippen molar-refractivity contribution in [1.29, 1.82) is 0 Å². The van der Waals surface area contributed by atoms with Crippen LogP contribution in [0.25, 0.3) is 0 Å². The summed E-state index contributed by atoms with van der Waals surface area (Å²) >= 11 is 1.23. The van der Waals surface area contributed by atoms with Crippen molar-refractivity contribution < 1.29 is 4.39 Å². The maximum Gasteiger partial charge on any atom is 0.176 e. The fourth-order valence-corrected chi connectivity index (χ4v) is 1.51. The van der Waals surface area contributed by atoms with E-state index >= 15 is 0 Å². The molecule has 10 heavy (non-hydrogen) atoms. The van der Waals surface area contributed by atoms with Crippen molar-refractivity contribution in [1.82, 2.24) is 0 Å². The zero-order chi connectivity index (χ0) is 7.78. The highest BCUT2D eigenvalue weighted by Crippen LogP contribution is 2.28. The van der Waals surface area contributed by atoms with Crippen molar-refractivity contribution in [2.45, 2.75) is 26.2 Å². The standard InChI is InChI=1S/C8H11FS/c1-8(2,3)6-4-5-7(9)10-6/h4-5H,1-3H3. The van der Waals surface area contributed by atoms with Gasteiger partial charge in [0, 0.05) is 4.88 Å². The molecule has 0 N–H and O–H groups in total. The minimum absolute atomic E-state index is 0.0923. The van der Waals surface area contributed by atoms with E-state index in [4.69, 9.17) is 0 Å². The van der Waals surface area contributed by atoms with Crippen LogP contribution in [0.1, 0.15) is 25.6 Å². The highest BCUT2D eigenvalue weighted by molar-refractivity contribution is 7.10. The third-order valence-electron chi connectivity index (χ3n) is 1.31. The van der Waals surface area contributed by atoms with Crippen LogP contribution >= 0.6 is 11.3 Å². The van der Waals surface area contributed by atoms with Crippen LogP contribution in [0.2, 0.25) is 0 Å². The first-order valence-corrected chi connectivity index (χ1v) is 4.07. The van der Waals surface area contributed by atoms with Crippen molar-refractivity contribution in [3.63, 3.8) is 0 Å². The summed E-state index contributed by atoms with van der Waals surface area (Å²) < 4.78 is 12.5. The van der Waals surface area contributed by atoms with Gasteiger partial charge in [0.25, 0.3) is 0 Å². The number of hydrogen-bond donors (Lipinski definition) is 0. The summed E-state index contributed by atoms with van der Waals surface area (Å²) in [5.41, 5.74) is 0.0923. The molecule has 0 amide bonds. The molecule has 1 aromatic heterocycles. The van der Waals surface area contributed by atoms with Gasteiger partial charge in [-0.25, -0.2) is 0 Å². The molecule has 0 aliphatic heterocycles. The molecule has 0 aromatic carbocycles. The van der Waals surface area contributed by atoms with Gasteiger partial charge in [0.05, 0.1) is 0 Å². The summed E-state index contributed by atoms with van der Waals surface area (Å²) in [4.78, 5) is 1.10. The lowest BCUT2D eigenvalue weighted by molar-refractivity contribution is 0.604. The van der Waals surface area contributed by atoms with E-state index < -0.39 is 0 Å². The molecule has 0 bridgehead atoms. The Morgan fingerprint density at radius 2 is 1.90 bits per heavy atom. The van der Waals surface area contributed by atoms with Crippen LogP contribution in [0.4, 0.5) is 4.39 Å². The van der Waals surface area contributed by atoms with Gasteiger partial charge in [-0.15, -0.1) is 11.3 Å². The Morgan fingerprint density at radius 3 is 2.10 bits per heavy atom. The minimum Gasteiger partial charge on any atom is -0.195 e. The largest absolute Gasteiger partial charge is 0.195 e. The fourth-order valence-electron chi connectivity index (χ4n) is 0.717. The van der Waals surface area contributed by atoms with Crippen molar-refractivity contribution in [2.24, 2.45) is 0 Å². The van der Waals surface area contributed by atoms with Crippen molar-refractivity contribution >= 4 is 11.3 Å². The Kier molecular flexibility index (Phi) is 1.82. The normalized spacial score (nSPS) is 12.0. The van der Waals surface area contributed by atoms with Crippen molar-refractivity contribution in [3.8, 4) is 0 Å². The molecule has 0 saturated heterocycles. The second-order valence-corrected chi connectivity index (χ2v) is 4.39. The Balaban J connectivity index is 2.96. The predicted octanol–water partition coefficient (Wildman–Crippen LogP) is 3.18. The average molecular weight is 158 g/mol. The van der Waals surface area contributed by atoms with Crippen LogP contribution in [-0.4, -0.2) is 0 Å². The summed E-state index contributed by atoms with van der Waals surface area (Å²) in [5, 5.41) is -0.0927. The molecule has 0 nitrogen and oxygen atoms in total. The molecular weight excluding hydrogens is 147 g/mol. The Labute approximate surface area is 64.7 Å². The molecule has 2 heteroatoms. The van der Waals surface area contributed by atoms with Crippen LogP contribution in [-0.2, 0) is 5.41 Å². The highest BCUT2D eigenvalue weighted by Gasteiger charge is 2.15. The zero-order valence-electron chi connectivity index (χ0n) is 6.44. The highest BCUT2D eigenvalue weighted by atomic mass is 32.1. The van der Waals surface area contributed by atoms with Crippen LogP contribution in [0.3, 0.4) is 0 Å². The van der Waals surface area contributed by atoms with Crippen LogP contribution < -0.4 is 0 Å². The number of halogens is 1. The molecule has 0 fully saturated rings. The average Bonchev–Trinajstić information content (AvgIpc) is 2.11. The topological polar surface area (TPSA) is 0 Å². The lowest BCUT2D eigenvalue weighted by atomic mass is 9.95. The van der Waals surface area contributed by atoms with Gasteiger partial charge in [0.2, 0.25) is 0 Å². The molecule has 56 valence electrons. The van der Waals surface area contributed by atoms with E-state index in [1.807, 2.05) is 6.07 Å². The molecule has 0 radical (unpaired) electrons. The zero-order valence-corrected chi connectivity index (χ0v) is 7.26. The molecule has 0 spiro atoms. The molecule has 1 rings (SSSR count). The van der Waals surface area contributed by atoms with E-state index in [-0.39, 0.29) is 10.5 Å². The molecule has 1 heterocycles. The lowest BCUT2D eigenvalue weighted by Crippen LogP contribution is -2.07. The minimum atomic E-state index is -0.0927. The molecule has 0 saturated carbocycles. The first kappa shape index (κ1) is 7.73.